The summed E-state index contributed by atoms with van der Waals surface area (Å²) in [5.74, 6) is -6.72. The van der Waals surface area contributed by atoms with E-state index in [4.69, 9.17) is 5.73 Å². The van der Waals surface area contributed by atoms with Gasteiger partial charge in [0.1, 0.15) is 11.5 Å². The van der Waals surface area contributed by atoms with Crippen LogP contribution in [0, 0.1) is 17.3 Å². The van der Waals surface area contributed by atoms with Gasteiger partial charge >= 0.3 is 0 Å². The van der Waals surface area contributed by atoms with Crippen molar-refractivity contribution in [3.05, 3.63) is 46.0 Å². The second-order valence-electron chi connectivity index (χ2n) is 10.7. The van der Waals surface area contributed by atoms with Crippen molar-refractivity contribution in [3.63, 3.8) is 0 Å². The topological polar surface area (TPSA) is 190 Å². The number of aliphatic hydroxyl groups is 4. The van der Waals surface area contributed by atoms with E-state index in [1.807, 2.05) is 20.8 Å². The Morgan fingerprint density at radius 2 is 1.86 bits per heavy atom. The SMILES string of the molecule is CC(C)(C)CNCc1ccc2c(c1O)C(O)=C1C(=O)[C@]3(O)C=C(C(N)=O)C(=O)C[C@@H]3[C@@H](O)[C@@H]1[C@H]2O. The minimum Gasteiger partial charge on any atom is -0.507 e. The van der Waals surface area contributed by atoms with Gasteiger partial charge in [-0.15, -0.1) is 0 Å². The molecule has 4 rings (SSSR count). The molecular formula is C25H30N2O8. The van der Waals surface area contributed by atoms with Gasteiger partial charge in [-0.05, 0) is 17.1 Å². The van der Waals surface area contributed by atoms with Crippen LogP contribution in [0.5, 0.6) is 5.75 Å². The van der Waals surface area contributed by atoms with Crippen molar-refractivity contribution in [1.29, 1.82) is 0 Å². The summed E-state index contributed by atoms with van der Waals surface area (Å²) >= 11 is 0. The van der Waals surface area contributed by atoms with E-state index in [2.05, 4.69) is 5.32 Å². The van der Waals surface area contributed by atoms with Gasteiger partial charge in [-0.2, -0.15) is 0 Å². The summed E-state index contributed by atoms with van der Waals surface area (Å²) in [7, 11) is 0. The highest BCUT2D eigenvalue weighted by molar-refractivity contribution is 6.22. The van der Waals surface area contributed by atoms with Crippen LogP contribution in [-0.2, 0) is 20.9 Å². The van der Waals surface area contributed by atoms with Gasteiger partial charge in [0.15, 0.2) is 17.2 Å². The number of carbonyl (C=O) groups is 3. The molecule has 3 aliphatic rings. The molecule has 0 aliphatic heterocycles. The van der Waals surface area contributed by atoms with E-state index >= 15 is 0 Å². The molecule has 0 unspecified atom stereocenters. The zero-order valence-electron chi connectivity index (χ0n) is 19.7. The third-order valence-corrected chi connectivity index (χ3v) is 7.04. The van der Waals surface area contributed by atoms with Crippen molar-refractivity contribution >= 4 is 23.2 Å². The van der Waals surface area contributed by atoms with Gasteiger partial charge in [0, 0.05) is 42.5 Å². The zero-order chi connectivity index (χ0) is 26.0. The number of aliphatic hydroxyl groups excluding tert-OH is 3. The monoisotopic (exact) mass is 486 g/mol. The van der Waals surface area contributed by atoms with Crippen LogP contribution in [0.4, 0.5) is 0 Å². The lowest BCUT2D eigenvalue weighted by molar-refractivity contribution is -0.157. The number of carbonyl (C=O) groups excluding carboxylic acids is 3. The van der Waals surface area contributed by atoms with Gasteiger partial charge in [-0.1, -0.05) is 32.9 Å². The number of Topliss-reactive ketones (excluding diaryl/α,β-unsaturated/α-hetero) is 2. The van der Waals surface area contributed by atoms with Crippen LogP contribution in [0.3, 0.4) is 0 Å². The van der Waals surface area contributed by atoms with Crippen LogP contribution in [0.1, 0.15) is 50.0 Å². The third kappa shape index (κ3) is 3.86. The van der Waals surface area contributed by atoms with Crippen LogP contribution < -0.4 is 11.1 Å². The number of nitrogens with two attached hydrogens (primary N) is 1. The number of nitrogens with one attached hydrogen (secondary N) is 1. The van der Waals surface area contributed by atoms with E-state index in [1.165, 1.54) is 6.07 Å². The number of amides is 1. The van der Waals surface area contributed by atoms with Crippen molar-refractivity contribution < 1.29 is 39.9 Å². The van der Waals surface area contributed by atoms with Crippen LogP contribution in [0.2, 0.25) is 0 Å². The molecule has 1 aromatic carbocycles. The number of phenolic OH excluding ortho intramolecular Hbond substituents is 1. The molecule has 10 heteroatoms. The Kier molecular flexibility index (Phi) is 5.92. The van der Waals surface area contributed by atoms with Crippen molar-refractivity contribution in [1.82, 2.24) is 5.32 Å². The third-order valence-electron chi connectivity index (χ3n) is 7.04. The highest BCUT2D eigenvalue weighted by Crippen LogP contribution is 2.54. The summed E-state index contributed by atoms with van der Waals surface area (Å²) < 4.78 is 0. The Morgan fingerprint density at radius 3 is 2.46 bits per heavy atom. The molecule has 1 fully saturated rings. The summed E-state index contributed by atoms with van der Waals surface area (Å²) in [4.78, 5) is 37.5. The number of hydrogen-bond acceptors (Lipinski definition) is 9. The highest BCUT2D eigenvalue weighted by Gasteiger charge is 2.61. The number of benzene rings is 1. The summed E-state index contributed by atoms with van der Waals surface area (Å²) in [6, 6.07) is 3.07. The predicted molar refractivity (Wildman–Crippen MR) is 124 cm³/mol. The molecule has 8 N–H and O–H groups in total. The van der Waals surface area contributed by atoms with Crippen molar-refractivity contribution in [2.24, 2.45) is 23.0 Å². The van der Waals surface area contributed by atoms with Crippen molar-refractivity contribution in [2.45, 2.75) is 51.5 Å². The first-order valence-corrected chi connectivity index (χ1v) is 11.4. The number of primary amides is 1. The molecule has 0 radical (unpaired) electrons. The number of hydrogen-bond donors (Lipinski definition) is 7. The fraction of sp³-hybridized carbons (Fsp3) is 0.480. The van der Waals surface area contributed by atoms with Crippen molar-refractivity contribution in [3.8, 4) is 5.75 Å². The number of rotatable bonds is 4. The Balaban J connectivity index is 1.83. The average Bonchev–Trinajstić information content (AvgIpc) is 2.75. The number of ketones is 2. The normalized spacial score (nSPS) is 30.4. The lowest BCUT2D eigenvalue weighted by atomic mass is 9.58. The minimum absolute atomic E-state index is 0.0212. The maximum absolute atomic E-state index is 13.5. The quantitative estimate of drug-likeness (QED) is 0.290. The van der Waals surface area contributed by atoms with Crippen LogP contribution in [-0.4, -0.2) is 61.3 Å². The average molecular weight is 487 g/mol. The fourth-order valence-corrected chi connectivity index (χ4v) is 5.28. The fourth-order valence-electron chi connectivity index (χ4n) is 5.28. The van der Waals surface area contributed by atoms with E-state index in [9.17, 15) is 39.9 Å². The minimum atomic E-state index is -2.50. The largest absolute Gasteiger partial charge is 0.507 e. The van der Waals surface area contributed by atoms with Gasteiger partial charge in [0.05, 0.1) is 23.3 Å². The Bertz CT molecular complexity index is 1190. The first-order valence-electron chi connectivity index (χ1n) is 11.4. The molecule has 0 saturated heterocycles. The van der Waals surface area contributed by atoms with Crippen molar-refractivity contribution in [2.75, 3.05) is 6.54 Å². The second kappa shape index (κ2) is 8.27. The zero-order valence-corrected chi connectivity index (χ0v) is 19.7. The second-order valence-corrected chi connectivity index (χ2v) is 10.7. The first kappa shape index (κ1) is 25.1. The van der Waals surface area contributed by atoms with E-state index in [1.54, 1.807) is 6.07 Å². The smallest absolute Gasteiger partial charge is 0.252 e. The summed E-state index contributed by atoms with van der Waals surface area (Å²) in [6.07, 6.45) is -2.96. The molecule has 0 spiro atoms. The number of fused-ring (bicyclic) bond motifs is 3. The molecule has 1 amide bonds. The van der Waals surface area contributed by atoms with Crippen LogP contribution in [0.15, 0.2) is 29.4 Å². The Labute approximate surface area is 201 Å². The number of aromatic hydroxyl groups is 1. The van der Waals surface area contributed by atoms with E-state index in [-0.39, 0.29) is 28.8 Å². The molecule has 3 aliphatic carbocycles. The van der Waals surface area contributed by atoms with E-state index < -0.39 is 70.4 Å². The van der Waals surface area contributed by atoms with Gasteiger partial charge in [-0.25, -0.2) is 0 Å². The van der Waals surface area contributed by atoms with Gasteiger partial charge in [-0.3, -0.25) is 14.4 Å². The van der Waals surface area contributed by atoms with E-state index in [0.717, 1.165) is 6.08 Å². The summed E-state index contributed by atoms with van der Waals surface area (Å²) in [5, 5.41) is 58.7. The molecule has 1 aromatic rings. The van der Waals surface area contributed by atoms with Gasteiger partial charge in [0.25, 0.3) is 5.91 Å². The maximum Gasteiger partial charge on any atom is 0.252 e. The molecule has 10 nitrogen and oxygen atoms in total. The van der Waals surface area contributed by atoms with Crippen LogP contribution >= 0.6 is 0 Å². The predicted octanol–water partition coefficient (Wildman–Crippen LogP) is 0.136. The van der Waals surface area contributed by atoms with Gasteiger partial charge in [0.2, 0.25) is 0 Å². The molecule has 1 saturated carbocycles. The number of phenols is 1. The lowest BCUT2D eigenvalue weighted by Crippen LogP contribution is -2.61. The van der Waals surface area contributed by atoms with E-state index in [0.29, 0.717) is 12.1 Å². The molecule has 5 atom stereocenters. The van der Waals surface area contributed by atoms with Gasteiger partial charge < -0.3 is 36.6 Å². The standard InChI is InChI=1S/C25H30N2O8/c1-24(2,3)9-27-8-10-4-5-11-15(18(10)29)21(32)17-16(19(11)30)20(31)13-6-14(28)12(23(26)34)7-25(13,35)22(17)33/h4-5,7,13,16,19-20,27,29-32,35H,6,8-9H2,1-3H3,(H2,26,34)/t13-,16+,19+,20-,25+/m1/s1. The summed E-state index contributed by atoms with van der Waals surface area (Å²) in [5.41, 5.74) is 1.96. The van der Waals surface area contributed by atoms with Crippen LogP contribution in [0.25, 0.3) is 5.76 Å². The molecule has 0 bridgehead atoms. The molecule has 188 valence electrons. The molecule has 35 heavy (non-hydrogen) atoms. The lowest BCUT2D eigenvalue weighted by Gasteiger charge is -2.49. The Hall–Kier alpha value is -3.05. The summed E-state index contributed by atoms with van der Waals surface area (Å²) in [6.45, 7) is 6.98. The molecule has 0 aromatic heterocycles. The maximum atomic E-state index is 13.5. The Morgan fingerprint density at radius 1 is 1.20 bits per heavy atom. The first-order chi connectivity index (χ1) is 16.2. The highest BCUT2D eigenvalue weighted by atomic mass is 16.3. The molecular weight excluding hydrogens is 456 g/mol. The molecule has 0 heterocycles.